The Hall–Kier alpha value is -2.65. The number of hydrogen-bond donors (Lipinski definition) is 4. The Balaban J connectivity index is 1.88. The van der Waals surface area contributed by atoms with Gasteiger partial charge in [-0.3, -0.25) is 9.89 Å². The van der Waals surface area contributed by atoms with Crippen LogP contribution in [0, 0.1) is 0 Å². The molecule has 1 aliphatic heterocycles. The molecular formula is C22H35N5O4. The van der Waals surface area contributed by atoms with Crippen LogP contribution in [0.25, 0.3) is 0 Å². The lowest BCUT2D eigenvalue weighted by Gasteiger charge is -2.20. The van der Waals surface area contributed by atoms with Crippen molar-refractivity contribution in [1.82, 2.24) is 15.5 Å². The van der Waals surface area contributed by atoms with E-state index in [2.05, 4.69) is 41.3 Å². The molecule has 2 rings (SSSR count). The smallest absolute Gasteiger partial charge is 0.412 e. The highest BCUT2D eigenvalue weighted by Crippen LogP contribution is 2.17. The Morgan fingerprint density at radius 3 is 2.52 bits per heavy atom. The summed E-state index contributed by atoms with van der Waals surface area (Å²) in [5.41, 5.74) is 6.84. The standard InChI is InChI=1S/C22H35N5O4/c1-22(2,3)25-12-11-24-21(30)31-16-9-7-15(8-10-16)14-17(20(28)29)26-19(23)18-6-5-13-27(18)4/h7-10,17-18,25H,5-6,11-14H2,1-4H3,(H2,23,26)(H,24,30)(H,28,29)/t17-,18-/m0/s1. The first kappa shape index (κ1) is 24.6. The second kappa shape index (κ2) is 11.1. The van der Waals surface area contributed by atoms with Gasteiger partial charge in [-0.1, -0.05) is 12.1 Å². The lowest BCUT2D eigenvalue weighted by atomic mass is 10.1. The van der Waals surface area contributed by atoms with Crippen molar-refractivity contribution in [1.29, 1.82) is 0 Å². The van der Waals surface area contributed by atoms with E-state index in [1.807, 2.05) is 7.05 Å². The van der Waals surface area contributed by atoms with Crippen LogP contribution in [0.3, 0.4) is 0 Å². The number of aliphatic carboxylic acids is 1. The average molecular weight is 434 g/mol. The van der Waals surface area contributed by atoms with Gasteiger partial charge in [0, 0.05) is 25.0 Å². The van der Waals surface area contributed by atoms with Gasteiger partial charge in [0.05, 0.1) is 6.04 Å². The molecule has 0 spiro atoms. The molecule has 0 saturated carbocycles. The van der Waals surface area contributed by atoms with E-state index in [1.165, 1.54) is 0 Å². The number of aliphatic imine (C=N–C) groups is 1. The zero-order valence-electron chi connectivity index (χ0n) is 18.9. The van der Waals surface area contributed by atoms with Crippen LogP contribution < -0.4 is 21.1 Å². The van der Waals surface area contributed by atoms with Crippen molar-refractivity contribution in [3.63, 3.8) is 0 Å². The molecule has 1 fully saturated rings. The van der Waals surface area contributed by atoms with Crippen molar-refractivity contribution in [2.24, 2.45) is 10.7 Å². The molecule has 1 aromatic carbocycles. The van der Waals surface area contributed by atoms with Crippen molar-refractivity contribution in [3.05, 3.63) is 29.8 Å². The number of nitrogens with zero attached hydrogens (tertiary/aromatic N) is 2. The topological polar surface area (TPSA) is 129 Å². The summed E-state index contributed by atoms with van der Waals surface area (Å²) in [6.07, 6.45) is 1.58. The summed E-state index contributed by atoms with van der Waals surface area (Å²) in [5, 5.41) is 15.5. The molecule has 0 unspecified atom stereocenters. The van der Waals surface area contributed by atoms with Crippen LogP contribution >= 0.6 is 0 Å². The van der Waals surface area contributed by atoms with Crippen LogP contribution in [0.15, 0.2) is 29.3 Å². The third-order valence-corrected chi connectivity index (χ3v) is 5.06. The van der Waals surface area contributed by atoms with Crippen molar-refractivity contribution in [2.75, 3.05) is 26.7 Å². The van der Waals surface area contributed by atoms with Crippen LogP contribution in [-0.2, 0) is 11.2 Å². The number of likely N-dealkylation sites (tertiary alicyclic amines) is 1. The first-order valence-electron chi connectivity index (χ1n) is 10.6. The molecular weight excluding hydrogens is 398 g/mol. The number of carboxylic acid groups (broad SMARTS) is 1. The predicted octanol–water partition coefficient (Wildman–Crippen LogP) is 1.61. The number of benzene rings is 1. The minimum absolute atomic E-state index is 0.00487. The van der Waals surface area contributed by atoms with E-state index in [0.29, 0.717) is 24.7 Å². The van der Waals surface area contributed by atoms with Crippen LogP contribution in [0.1, 0.15) is 39.2 Å². The van der Waals surface area contributed by atoms with Crippen LogP contribution in [-0.4, -0.2) is 72.2 Å². The van der Waals surface area contributed by atoms with Gasteiger partial charge in [0.2, 0.25) is 0 Å². The molecule has 1 aliphatic rings. The molecule has 31 heavy (non-hydrogen) atoms. The van der Waals surface area contributed by atoms with E-state index in [1.54, 1.807) is 24.3 Å². The summed E-state index contributed by atoms with van der Waals surface area (Å²) in [6.45, 7) is 8.16. The van der Waals surface area contributed by atoms with E-state index in [-0.39, 0.29) is 18.0 Å². The number of likely N-dealkylation sites (N-methyl/N-ethyl adjacent to an activating group) is 1. The number of carboxylic acids is 1. The van der Waals surface area contributed by atoms with Gasteiger partial charge >= 0.3 is 12.1 Å². The van der Waals surface area contributed by atoms with Gasteiger partial charge in [0.25, 0.3) is 0 Å². The number of rotatable bonds is 9. The number of amides is 1. The molecule has 9 heteroatoms. The first-order valence-corrected chi connectivity index (χ1v) is 10.6. The molecule has 0 radical (unpaired) electrons. The Morgan fingerprint density at radius 2 is 1.97 bits per heavy atom. The van der Waals surface area contributed by atoms with Crippen LogP contribution in [0.5, 0.6) is 5.75 Å². The first-order chi connectivity index (χ1) is 14.5. The fourth-order valence-corrected chi connectivity index (χ4v) is 3.40. The summed E-state index contributed by atoms with van der Waals surface area (Å²) in [5.74, 6) is -0.273. The molecule has 1 saturated heterocycles. The number of nitrogens with one attached hydrogen (secondary N) is 2. The summed E-state index contributed by atoms with van der Waals surface area (Å²) in [7, 11) is 1.96. The number of carbonyl (C=O) groups excluding carboxylic acids is 1. The van der Waals surface area contributed by atoms with Gasteiger partial charge in [0.1, 0.15) is 11.6 Å². The van der Waals surface area contributed by atoms with Crippen molar-refractivity contribution in [2.45, 2.75) is 57.7 Å². The average Bonchev–Trinajstić information content (AvgIpc) is 3.11. The second-order valence-electron chi connectivity index (χ2n) is 8.89. The maximum Gasteiger partial charge on any atom is 0.412 e. The van der Waals surface area contributed by atoms with Crippen LogP contribution in [0.4, 0.5) is 4.79 Å². The fraction of sp³-hybridized carbons (Fsp3) is 0.591. The molecule has 0 bridgehead atoms. The lowest BCUT2D eigenvalue weighted by Crippen LogP contribution is -2.41. The maximum absolute atomic E-state index is 11.9. The second-order valence-corrected chi connectivity index (χ2v) is 8.89. The third-order valence-electron chi connectivity index (χ3n) is 5.06. The largest absolute Gasteiger partial charge is 0.480 e. The quantitative estimate of drug-likeness (QED) is 0.264. The van der Waals surface area contributed by atoms with E-state index in [0.717, 1.165) is 24.9 Å². The molecule has 5 N–H and O–H groups in total. The van der Waals surface area contributed by atoms with E-state index < -0.39 is 18.1 Å². The molecule has 2 atom stereocenters. The summed E-state index contributed by atoms with van der Waals surface area (Å²) in [4.78, 5) is 29.9. The highest BCUT2D eigenvalue weighted by Gasteiger charge is 2.26. The highest BCUT2D eigenvalue weighted by atomic mass is 16.6. The van der Waals surface area contributed by atoms with Gasteiger partial charge in [-0.05, 0) is 64.9 Å². The zero-order chi connectivity index (χ0) is 23.0. The number of nitrogens with two attached hydrogens (primary N) is 1. The van der Waals surface area contributed by atoms with E-state index in [9.17, 15) is 14.7 Å². The summed E-state index contributed by atoms with van der Waals surface area (Å²) in [6, 6.07) is 5.77. The van der Waals surface area contributed by atoms with Gasteiger partial charge in [-0.15, -0.1) is 0 Å². The predicted molar refractivity (Wildman–Crippen MR) is 121 cm³/mol. The van der Waals surface area contributed by atoms with Crippen molar-refractivity contribution >= 4 is 17.9 Å². The van der Waals surface area contributed by atoms with Crippen molar-refractivity contribution in [3.8, 4) is 5.75 Å². The molecule has 9 nitrogen and oxygen atoms in total. The Kier molecular flexibility index (Phi) is 8.82. The molecule has 172 valence electrons. The fourth-order valence-electron chi connectivity index (χ4n) is 3.40. The number of hydrogen-bond acceptors (Lipinski definition) is 6. The molecule has 1 amide bonds. The Labute approximate surface area is 184 Å². The van der Waals surface area contributed by atoms with Crippen molar-refractivity contribution < 1.29 is 19.4 Å². The third kappa shape index (κ3) is 8.55. The number of carbonyl (C=O) groups is 2. The molecule has 0 aromatic heterocycles. The summed E-state index contributed by atoms with van der Waals surface area (Å²) >= 11 is 0. The van der Waals surface area contributed by atoms with Gasteiger partial charge in [-0.2, -0.15) is 0 Å². The van der Waals surface area contributed by atoms with E-state index >= 15 is 0 Å². The zero-order valence-corrected chi connectivity index (χ0v) is 18.9. The highest BCUT2D eigenvalue weighted by molar-refractivity contribution is 5.88. The van der Waals surface area contributed by atoms with Gasteiger partial charge < -0.3 is 26.2 Å². The Bertz CT molecular complexity index is 773. The molecule has 1 heterocycles. The number of ether oxygens (including phenoxy) is 1. The lowest BCUT2D eigenvalue weighted by molar-refractivity contribution is -0.138. The molecule has 0 aliphatic carbocycles. The Morgan fingerprint density at radius 1 is 1.29 bits per heavy atom. The summed E-state index contributed by atoms with van der Waals surface area (Å²) < 4.78 is 5.25. The monoisotopic (exact) mass is 433 g/mol. The SMILES string of the molecule is CN1CCC[C@H]1C(N)=N[C@@H](Cc1ccc(OC(=O)NCCNC(C)(C)C)cc1)C(=O)O. The van der Waals surface area contributed by atoms with E-state index in [4.69, 9.17) is 10.5 Å². The van der Waals surface area contributed by atoms with Gasteiger partial charge in [-0.25, -0.2) is 9.59 Å². The number of amidine groups is 1. The van der Waals surface area contributed by atoms with Gasteiger partial charge in [0.15, 0.2) is 6.04 Å². The van der Waals surface area contributed by atoms with Crippen LogP contribution in [0.2, 0.25) is 0 Å². The maximum atomic E-state index is 11.9. The molecule has 1 aromatic rings. The minimum atomic E-state index is -1.02. The minimum Gasteiger partial charge on any atom is -0.480 e. The normalized spacial score (nSPS) is 18.6.